The van der Waals surface area contributed by atoms with Gasteiger partial charge in [-0.1, -0.05) is 18.2 Å². The van der Waals surface area contributed by atoms with Crippen LogP contribution in [0.25, 0.3) is 0 Å². The molecule has 1 heterocycles. The normalized spacial score (nSPS) is 20.6. The van der Waals surface area contributed by atoms with E-state index in [2.05, 4.69) is 37.9 Å². The fraction of sp³-hybridized carbons (Fsp3) is 0.632. The lowest BCUT2D eigenvalue weighted by Gasteiger charge is -2.45. The van der Waals surface area contributed by atoms with Crippen LogP contribution in [0, 0.1) is 0 Å². The highest BCUT2D eigenvalue weighted by Gasteiger charge is 2.33. The fourth-order valence-electron chi connectivity index (χ4n) is 3.20. The van der Waals surface area contributed by atoms with Crippen molar-refractivity contribution < 1.29 is 9.53 Å². The molecule has 7 heteroatoms. The maximum absolute atomic E-state index is 12.2. The minimum absolute atomic E-state index is 0. The van der Waals surface area contributed by atoms with Gasteiger partial charge in [-0.3, -0.25) is 9.69 Å². The second kappa shape index (κ2) is 11.0. The Morgan fingerprint density at radius 1 is 1.23 bits per heavy atom. The van der Waals surface area contributed by atoms with Crippen molar-refractivity contribution in [2.24, 2.45) is 0 Å². The van der Waals surface area contributed by atoms with Gasteiger partial charge in [0.15, 0.2) is 0 Å². The molecule has 3 N–H and O–H groups in total. The number of benzene rings is 1. The van der Waals surface area contributed by atoms with E-state index in [-0.39, 0.29) is 48.5 Å². The predicted octanol–water partition coefficient (Wildman–Crippen LogP) is 3.05. The van der Waals surface area contributed by atoms with Crippen LogP contribution in [0.5, 0.6) is 0 Å². The number of ether oxygens (including phenoxy) is 1. The average Bonchev–Trinajstić information content (AvgIpc) is 2.51. The minimum Gasteiger partial charge on any atom is -0.399 e. The molecule has 1 fully saturated rings. The second-order valence-corrected chi connectivity index (χ2v) is 7.45. The minimum atomic E-state index is -0.0895. The SMILES string of the molecule is CC1CN(C(C)(C)CNC(=O)CCc2ccccc2N)CC(C)O1.Cl.Cl. The van der Waals surface area contributed by atoms with E-state index >= 15 is 0 Å². The highest BCUT2D eigenvalue weighted by Crippen LogP contribution is 2.20. The Labute approximate surface area is 169 Å². The Morgan fingerprint density at radius 2 is 1.81 bits per heavy atom. The monoisotopic (exact) mass is 405 g/mol. The Balaban J connectivity index is 0.00000312. The van der Waals surface area contributed by atoms with Crippen LogP contribution in [0.4, 0.5) is 5.69 Å². The summed E-state index contributed by atoms with van der Waals surface area (Å²) in [6.07, 6.45) is 1.58. The van der Waals surface area contributed by atoms with E-state index in [0.717, 1.165) is 24.3 Å². The van der Waals surface area contributed by atoms with Crippen molar-refractivity contribution >= 4 is 36.4 Å². The first-order valence-corrected chi connectivity index (χ1v) is 8.78. The third-order valence-corrected chi connectivity index (χ3v) is 4.67. The van der Waals surface area contributed by atoms with Crippen LogP contribution in [-0.4, -0.2) is 48.2 Å². The zero-order valence-electron chi connectivity index (χ0n) is 16.2. The highest BCUT2D eigenvalue weighted by molar-refractivity contribution is 5.85. The number of carbonyl (C=O) groups excluding carboxylic acids is 1. The van der Waals surface area contributed by atoms with Gasteiger partial charge in [0, 0.05) is 37.3 Å². The molecule has 2 atom stereocenters. The third kappa shape index (κ3) is 7.31. The Kier molecular flexibility index (Phi) is 10.5. The molecule has 0 spiro atoms. The van der Waals surface area contributed by atoms with Gasteiger partial charge >= 0.3 is 0 Å². The third-order valence-electron chi connectivity index (χ3n) is 4.67. The van der Waals surface area contributed by atoms with Crippen molar-refractivity contribution in [1.29, 1.82) is 0 Å². The largest absolute Gasteiger partial charge is 0.399 e. The van der Waals surface area contributed by atoms with E-state index < -0.39 is 0 Å². The molecule has 0 aliphatic carbocycles. The number of amides is 1. The van der Waals surface area contributed by atoms with Crippen molar-refractivity contribution in [3.63, 3.8) is 0 Å². The number of nitrogens with two attached hydrogens (primary N) is 1. The highest BCUT2D eigenvalue weighted by atomic mass is 35.5. The summed E-state index contributed by atoms with van der Waals surface area (Å²) in [6.45, 7) is 11.0. The number of nitrogens with one attached hydrogen (secondary N) is 1. The van der Waals surface area contributed by atoms with Crippen molar-refractivity contribution in [3.8, 4) is 0 Å². The first kappa shape index (κ1) is 25.0. The van der Waals surface area contributed by atoms with Crippen LogP contribution >= 0.6 is 24.8 Å². The Morgan fingerprint density at radius 3 is 2.38 bits per heavy atom. The summed E-state index contributed by atoms with van der Waals surface area (Å²) in [4.78, 5) is 14.6. The lowest BCUT2D eigenvalue weighted by Crippen LogP contribution is -2.58. The molecule has 5 nitrogen and oxygen atoms in total. The lowest BCUT2D eigenvalue weighted by molar-refractivity contribution is -0.122. The first-order chi connectivity index (χ1) is 11.3. The quantitative estimate of drug-likeness (QED) is 0.713. The summed E-state index contributed by atoms with van der Waals surface area (Å²) in [5.74, 6) is 0.0701. The summed E-state index contributed by atoms with van der Waals surface area (Å²) >= 11 is 0. The van der Waals surface area contributed by atoms with E-state index in [1.165, 1.54) is 0 Å². The maximum Gasteiger partial charge on any atom is 0.220 e. The van der Waals surface area contributed by atoms with Gasteiger partial charge in [-0.05, 0) is 45.7 Å². The Bertz CT molecular complexity index is 559. The number of morpholine rings is 1. The number of nitrogen functional groups attached to an aromatic ring is 1. The van der Waals surface area contributed by atoms with Crippen LogP contribution in [0.1, 0.15) is 39.7 Å². The number of para-hydroxylation sites is 1. The summed E-state index contributed by atoms with van der Waals surface area (Å²) in [5, 5.41) is 3.08. The van der Waals surface area contributed by atoms with Crippen LogP contribution in [0.2, 0.25) is 0 Å². The number of carbonyl (C=O) groups is 1. The van der Waals surface area contributed by atoms with Gasteiger partial charge in [0.1, 0.15) is 0 Å². The molecule has 0 aromatic heterocycles. The average molecular weight is 406 g/mol. The van der Waals surface area contributed by atoms with Gasteiger partial charge in [-0.15, -0.1) is 24.8 Å². The molecule has 26 heavy (non-hydrogen) atoms. The molecule has 1 amide bonds. The van der Waals surface area contributed by atoms with Crippen molar-refractivity contribution in [2.45, 2.75) is 58.3 Å². The molecule has 2 unspecified atom stereocenters. The molecule has 1 aromatic rings. The smallest absolute Gasteiger partial charge is 0.220 e. The van der Waals surface area contributed by atoms with E-state index in [1.807, 2.05) is 24.3 Å². The number of nitrogens with zero attached hydrogens (tertiary/aromatic N) is 1. The summed E-state index contributed by atoms with van der Waals surface area (Å²) in [7, 11) is 0. The summed E-state index contributed by atoms with van der Waals surface area (Å²) in [5.41, 5.74) is 7.62. The lowest BCUT2D eigenvalue weighted by atomic mass is 10.00. The molecular formula is C19H33Cl2N3O2. The van der Waals surface area contributed by atoms with E-state index in [9.17, 15) is 4.79 Å². The molecule has 1 aliphatic rings. The van der Waals surface area contributed by atoms with Crippen molar-refractivity contribution in [3.05, 3.63) is 29.8 Å². The van der Waals surface area contributed by atoms with Crippen LogP contribution in [0.15, 0.2) is 24.3 Å². The van der Waals surface area contributed by atoms with Gasteiger partial charge in [0.25, 0.3) is 0 Å². The van der Waals surface area contributed by atoms with E-state index in [0.29, 0.717) is 19.4 Å². The van der Waals surface area contributed by atoms with Gasteiger partial charge in [0.05, 0.1) is 12.2 Å². The molecule has 1 saturated heterocycles. The number of halogens is 2. The predicted molar refractivity (Wildman–Crippen MR) is 112 cm³/mol. The number of anilines is 1. The first-order valence-electron chi connectivity index (χ1n) is 8.78. The summed E-state index contributed by atoms with van der Waals surface area (Å²) in [6, 6.07) is 7.71. The van der Waals surface area contributed by atoms with Crippen molar-refractivity contribution in [2.75, 3.05) is 25.4 Å². The maximum atomic E-state index is 12.2. The second-order valence-electron chi connectivity index (χ2n) is 7.45. The van der Waals surface area contributed by atoms with Crippen LogP contribution in [0.3, 0.4) is 0 Å². The van der Waals surface area contributed by atoms with Crippen LogP contribution in [-0.2, 0) is 16.0 Å². The number of aryl methyl sites for hydroxylation is 1. The summed E-state index contributed by atoms with van der Waals surface area (Å²) < 4.78 is 5.80. The molecule has 1 aliphatic heterocycles. The van der Waals surface area contributed by atoms with Gasteiger partial charge < -0.3 is 15.8 Å². The number of hydrogen-bond donors (Lipinski definition) is 2. The Hall–Kier alpha value is -1.01. The standard InChI is InChI=1S/C19H31N3O2.2ClH/c1-14-11-22(12-15(2)24-14)19(3,4)13-21-18(23)10-9-16-7-5-6-8-17(16)20;;/h5-8,14-15H,9-13,20H2,1-4H3,(H,21,23);2*1H. The molecule has 0 bridgehead atoms. The van der Waals surface area contributed by atoms with Gasteiger partial charge in [-0.2, -0.15) is 0 Å². The van der Waals surface area contributed by atoms with Crippen LogP contribution < -0.4 is 11.1 Å². The van der Waals surface area contributed by atoms with Gasteiger partial charge in [-0.25, -0.2) is 0 Å². The molecule has 1 aromatic carbocycles. The molecule has 0 saturated carbocycles. The molecule has 0 radical (unpaired) electrons. The zero-order valence-corrected chi connectivity index (χ0v) is 17.8. The number of rotatable bonds is 6. The molecule has 2 rings (SSSR count). The van der Waals surface area contributed by atoms with E-state index in [1.54, 1.807) is 0 Å². The number of hydrogen-bond acceptors (Lipinski definition) is 4. The molecule has 150 valence electrons. The van der Waals surface area contributed by atoms with E-state index in [4.69, 9.17) is 10.5 Å². The zero-order chi connectivity index (χ0) is 17.7. The topological polar surface area (TPSA) is 67.6 Å². The fourth-order valence-corrected chi connectivity index (χ4v) is 3.20. The molecular weight excluding hydrogens is 373 g/mol. The van der Waals surface area contributed by atoms with Gasteiger partial charge in [0.2, 0.25) is 5.91 Å². The van der Waals surface area contributed by atoms with Crippen molar-refractivity contribution in [1.82, 2.24) is 10.2 Å².